The van der Waals surface area contributed by atoms with Crippen LogP contribution in [0.25, 0.3) is 0 Å². The SMILES string of the molecule is Cl.N[C@@H](c1c(F)ccc(Cl)c1Cl)C(F)(F)CO. The Labute approximate surface area is 112 Å². The third kappa shape index (κ3) is 3.39. The molecule has 2 nitrogen and oxygen atoms in total. The average molecular weight is 311 g/mol. The number of nitrogens with two attached hydrogens (primary N) is 1. The molecule has 0 radical (unpaired) electrons. The molecule has 0 aliphatic rings. The zero-order chi connectivity index (χ0) is 12.5. The standard InChI is InChI=1S/C9H8Cl2F3NO.ClH/c10-4-1-2-5(12)6(7(4)11)8(15)9(13,14)3-16;/h1-2,8,16H,3,15H2;1H/t8-;/m0./s1. The Morgan fingerprint density at radius 1 is 1.35 bits per heavy atom. The van der Waals surface area contributed by atoms with Gasteiger partial charge in [0.05, 0.1) is 10.0 Å². The van der Waals surface area contributed by atoms with E-state index < -0.39 is 30.0 Å². The zero-order valence-corrected chi connectivity index (χ0v) is 10.6. The van der Waals surface area contributed by atoms with Crippen LogP contribution in [-0.4, -0.2) is 17.6 Å². The number of rotatable bonds is 3. The van der Waals surface area contributed by atoms with Crippen molar-refractivity contribution in [2.75, 3.05) is 6.61 Å². The van der Waals surface area contributed by atoms with Crippen LogP contribution in [0.5, 0.6) is 0 Å². The summed E-state index contributed by atoms with van der Waals surface area (Å²) in [6, 6.07) is -0.0349. The van der Waals surface area contributed by atoms with Crippen molar-refractivity contribution in [2.45, 2.75) is 12.0 Å². The first-order chi connectivity index (χ1) is 7.31. The first kappa shape index (κ1) is 16.8. The Morgan fingerprint density at radius 3 is 2.35 bits per heavy atom. The smallest absolute Gasteiger partial charge is 0.289 e. The molecule has 0 unspecified atom stereocenters. The van der Waals surface area contributed by atoms with E-state index in [1.54, 1.807) is 0 Å². The molecule has 0 amide bonds. The molecule has 17 heavy (non-hydrogen) atoms. The molecular weight excluding hydrogens is 301 g/mol. The largest absolute Gasteiger partial charge is 0.390 e. The minimum absolute atomic E-state index is 0. The van der Waals surface area contributed by atoms with Gasteiger partial charge < -0.3 is 10.8 Å². The lowest BCUT2D eigenvalue weighted by Gasteiger charge is -2.23. The van der Waals surface area contributed by atoms with Gasteiger partial charge in [0, 0.05) is 5.56 Å². The number of aliphatic hydroxyl groups is 1. The van der Waals surface area contributed by atoms with Crippen molar-refractivity contribution in [3.05, 3.63) is 33.6 Å². The van der Waals surface area contributed by atoms with Gasteiger partial charge in [-0.25, -0.2) is 13.2 Å². The molecule has 0 spiro atoms. The Morgan fingerprint density at radius 2 is 1.88 bits per heavy atom. The van der Waals surface area contributed by atoms with E-state index in [1.165, 1.54) is 0 Å². The number of aliphatic hydroxyl groups excluding tert-OH is 1. The summed E-state index contributed by atoms with van der Waals surface area (Å²) in [7, 11) is 0. The summed E-state index contributed by atoms with van der Waals surface area (Å²) in [5, 5.41) is 7.99. The van der Waals surface area contributed by atoms with Gasteiger partial charge in [-0.3, -0.25) is 0 Å². The van der Waals surface area contributed by atoms with Crippen molar-refractivity contribution in [1.29, 1.82) is 0 Å². The van der Waals surface area contributed by atoms with Crippen LogP contribution in [-0.2, 0) is 0 Å². The third-order valence-electron chi connectivity index (χ3n) is 2.06. The van der Waals surface area contributed by atoms with Crippen LogP contribution in [0.1, 0.15) is 11.6 Å². The monoisotopic (exact) mass is 309 g/mol. The lowest BCUT2D eigenvalue weighted by atomic mass is 10.0. The first-order valence-electron chi connectivity index (χ1n) is 4.19. The van der Waals surface area contributed by atoms with Gasteiger partial charge in [0.2, 0.25) is 0 Å². The van der Waals surface area contributed by atoms with E-state index in [0.29, 0.717) is 0 Å². The van der Waals surface area contributed by atoms with Crippen molar-refractivity contribution in [3.8, 4) is 0 Å². The number of benzene rings is 1. The van der Waals surface area contributed by atoms with E-state index in [2.05, 4.69) is 0 Å². The van der Waals surface area contributed by atoms with Gasteiger partial charge in [0.25, 0.3) is 5.92 Å². The van der Waals surface area contributed by atoms with Crippen LogP contribution >= 0.6 is 35.6 Å². The minimum Gasteiger partial charge on any atom is -0.390 e. The van der Waals surface area contributed by atoms with Gasteiger partial charge in [0.15, 0.2) is 0 Å². The fourth-order valence-electron chi connectivity index (χ4n) is 1.14. The van der Waals surface area contributed by atoms with Crippen molar-refractivity contribution in [3.63, 3.8) is 0 Å². The summed E-state index contributed by atoms with van der Waals surface area (Å²) in [6.07, 6.45) is 0. The molecule has 0 aromatic heterocycles. The molecule has 0 aliphatic carbocycles. The molecule has 1 atom stereocenters. The van der Waals surface area contributed by atoms with Gasteiger partial charge in [-0.15, -0.1) is 12.4 Å². The average Bonchev–Trinajstić information content (AvgIpc) is 2.24. The van der Waals surface area contributed by atoms with Crippen molar-refractivity contribution >= 4 is 35.6 Å². The number of halogens is 6. The van der Waals surface area contributed by atoms with Crippen molar-refractivity contribution < 1.29 is 18.3 Å². The summed E-state index contributed by atoms with van der Waals surface area (Å²) >= 11 is 11.2. The molecule has 1 aromatic rings. The van der Waals surface area contributed by atoms with E-state index in [-0.39, 0.29) is 22.5 Å². The van der Waals surface area contributed by atoms with Gasteiger partial charge in [-0.1, -0.05) is 23.2 Å². The second-order valence-electron chi connectivity index (χ2n) is 3.15. The molecule has 8 heteroatoms. The summed E-state index contributed by atoms with van der Waals surface area (Å²) in [5.41, 5.74) is 4.56. The molecular formula is C9H9Cl3F3NO. The highest BCUT2D eigenvalue weighted by atomic mass is 35.5. The Kier molecular flexibility index (Phi) is 6.04. The Bertz CT molecular complexity index is 403. The lowest BCUT2D eigenvalue weighted by Crippen LogP contribution is -2.37. The van der Waals surface area contributed by atoms with Gasteiger partial charge in [0.1, 0.15) is 18.5 Å². The number of hydrogen-bond acceptors (Lipinski definition) is 2. The minimum atomic E-state index is -3.67. The van der Waals surface area contributed by atoms with Gasteiger partial charge >= 0.3 is 0 Å². The highest BCUT2D eigenvalue weighted by Gasteiger charge is 2.40. The molecule has 0 fully saturated rings. The zero-order valence-electron chi connectivity index (χ0n) is 8.26. The van der Waals surface area contributed by atoms with E-state index >= 15 is 0 Å². The highest BCUT2D eigenvalue weighted by molar-refractivity contribution is 6.42. The Hall–Kier alpha value is -0.200. The van der Waals surface area contributed by atoms with E-state index in [1.807, 2.05) is 0 Å². The maximum Gasteiger partial charge on any atom is 0.289 e. The van der Waals surface area contributed by atoms with Crippen LogP contribution in [0.2, 0.25) is 10.0 Å². The maximum atomic E-state index is 13.3. The predicted molar refractivity (Wildman–Crippen MR) is 62.6 cm³/mol. The fraction of sp³-hybridized carbons (Fsp3) is 0.333. The summed E-state index contributed by atoms with van der Waals surface area (Å²) in [4.78, 5) is 0. The van der Waals surface area contributed by atoms with Crippen molar-refractivity contribution in [2.24, 2.45) is 5.73 Å². The molecule has 98 valence electrons. The third-order valence-corrected chi connectivity index (χ3v) is 2.88. The summed E-state index contributed by atoms with van der Waals surface area (Å²) < 4.78 is 39.5. The first-order valence-corrected chi connectivity index (χ1v) is 4.94. The number of alkyl halides is 2. The molecule has 1 aromatic carbocycles. The predicted octanol–water partition coefficient (Wildman–Crippen LogP) is 3.18. The Balaban J connectivity index is 0.00000256. The summed E-state index contributed by atoms with van der Waals surface area (Å²) in [5.74, 6) is -4.66. The number of hydrogen-bond donors (Lipinski definition) is 2. The van der Waals surface area contributed by atoms with Crippen LogP contribution < -0.4 is 5.73 Å². The fourth-order valence-corrected chi connectivity index (χ4v) is 1.57. The molecule has 0 saturated carbocycles. The van der Waals surface area contributed by atoms with E-state index in [9.17, 15) is 13.2 Å². The maximum absolute atomic E-state index is 13.3. The lowest BCUT2D eigenvalue weighted by molar-refractivity contribution is -0.0718. The van der Waals surface area contributed by atoms with Crippen LogP contribution in [0.4, 0.5) is 13.2 Å². The molecule has 0 bridgehead atoms. The van der Waals surface area contributed by atoms with E-state index in [4.69, 9.17) is 34.0 Å². The second-order valence-corrected chi connectivity index (χ2v) is 3.94. The second kappa shape index (κ2) is 6.11. The van der Waals surface area contributed by atoms with Gasteiger partial charge in [-0.05, 0) is 12.1 Å². The molecule has 0 saturated heterocycles. The molecule has 0 heterocycles. The highest BCUT2D eigenvalue weighted by Crippen LogP contribution is 2.37. The van der Waals surface area contributed by atoms with E-state index in [0.717, 1.165) is 12.1 Å². The van der Waals surface area contributed by atoms with Crippen LogP contribution in [0.15, 0.2) is 12.1 Å². The summed E-state index contributed by atoms with van der Waals surface area (Å²) in [6.45, 7) is -1.50. The van der Waals surface area contributed by atoms with Crippen LogP contribution in [0, 0.1) is 5.82 Å². The molecule has 3 N–H and O–H groups in total. The quantitative estimate of drug-likeness (QED) is 0.842. The topological polar surface area (TPSA) is 46.2 Å². The van der Waals surface area contributed by atoms with Gasteiger partial charge in [-0.2, -0.15) is 0 Å². The molecule has 1 rings (SSSR count). The van der Waals surface area contributed by atoms with Crippen LogP contribution in [0.3, 0.4) is 0 Å². The molecule has 0 aliphatic heterocycles. The van der Waals surface area contributed by atoms with Crippen molar-refractivity contribution in [1.82, 2.24) is 0 Å². The normalized spacial score (nSPS) is 13.1.